The van der Waals surface area contributed by atoms with Crippen LogP contribution in [0.15, 0.2) is 24.3 Å². The van der Waals surface area contributed by atoms with Gasteiger partial charge in [-0.2, -0.15) is 0 Å². The molecule has 15 heavy (non-hydrogen) atoms. The zero-order valence-corrected chi connectivity index (χ0v) is 9.31. The highest BCUT2D eigenvalue weighted by molar-refractivity contribution is 5.38. The number of benzene rings is 1. The molecule has 2 atom stereocenters. The van der Waals surface area contributed by atoms with Crippen LogP contribution in [0, 0.1) is 0 Å². The minimum absolute atomic E-state index is 0.0555. The van der Waals surface area contributed by atoms with Crippen LogP contribution in [0.2, 0.25) is 0 Å². The van der Waals surface area contributed by atoms with Gasteiger partial charge in [0.1, 0.15) is 12.4 Å². The summed E-state index contributed by atoms with van der Waals surface area (Å²) < 4.78 is 5.71. The minimum atomic E-state index is 0.0555. The van der Waals surface area contributed by atoms with Crippen LogP contribution in [0.1, 0.15) is 18.5 Å². The number of hydrogen-bond acceptors (Lipinski definition) is 3. The topological polar surface area (TPSA) is 38.5 Å². The molecular formula is C12H18N2O. The Hall–Kier alpha value is -1.06. The number of ether oxygens (including phenoxy) is 1. The number of nitrogens with zero attached hydrogens (tertiary/aromatic N) is 1. The summed E-state index contributed by atoms with van der Waals surface area (Å²) in [6.45, 7) is 3.81. The lowest BCUT2D eigenvalue weighted by Gasteiger charge is -2.36. The van der Waals surface area contributed by atoms with Crippen LogP contribution in [-0.4, -0.2) is 31.1 Å². The molecule has 0 saturated carbocycles. The fourth-order valence-electron chi connectivity index (χ4n) is 2.01. The van der Waals surface area contributed by atoms with E-state index in [0.29, 0.717) is 6.61 Å². The van der Waals surface area contributed by atoms with Gasteiger partial charge in [0.25, 0.3) is 0 Å². The summed E-state index contributed by atoms with van der Waals surface area (Å²) in [6, 6.07) is 8.36. The van der Waals surface area contributed by atoms with Crippen LogP contribution in [0.3, 0.4) is 0 Å². The lowest BCUT2D eigenvalue weighted by Crippen LogP contribution is -2.46. The maximum absolute atomic E-state index is 6.25. The van der Waals surface area contributed by atoms with Crippen molar-refractivity contribution < 1.29 is 4.74 Å². The first-order chi connectivity index (χ1) is 7.24. The molecule has 2 unspecified atom stereocenters. The Bertz CT molecular complexity index is 340. The summed E-state index contributed by atoms with van der Waals surface area (Å²) in [5.74, 6) is 0.936. The predicted octanol–water partition coefficient (Wildman–Crippen LogP) is 1.40. The first kappa shape index (κ1) is 10.5. The van der Waals surface area contributed by atoms with E-state index in [9.17, 15) is 0 Å². The molecule has 0 bridgehead atoms. The number of hydrogen-bond donors (Lipinski definition) is 1. The molecule has 0 saturated heterocycles. The third kappa shape index (κ3) is 1.85. The minimum Gasteiger partial charge on any atom is -0.492 e. The van der Waals surface area contributed by atoms with Gasteiger partial charge in [0.15, 0.2) is 0 Å². The highest BCUT2D eigenvalue weighted by Crippen LogP contribution is 2.31. The van der Waals surface area contributed by atoms with Crippen molar-refractivity contribution in [3.63, 3.8) is 0 Å². The second-order valence-electron chi connectivity index (χ2n) is 4.02. The zero-order valence-electron chi connectivity index (χ0n) is 9.31. The van der Waals surface area contributed by atoms with Crippen LogP contribution in [-0.2, 0) is 0 Å². The van der Waals surface area contributed by atoms with Crippen LogP contribution in [0.4, 0.5) is 0 Å². The Kier molecular flexibility index (Phi) is 2.93. The van der Waals surface area contributed by atoms with Gasteiger partial charge in [0.05, 0.1) is 12.1 Å². The molecule has 82 valence electrons. The van der Waals surface area contributed by atoms with E-state index < -0.39 is 0 Å². The molecule has 1 heterocycles. The maximum Gasteiger partial charge on any atom is 0.124 e. The van der Waals surface area contributed by atoms with Crippen molar-refractivity contribution in [1.29, 1.82) is 0 Å². The number of rotatable bonds is 2. The third-order valence-corrected chi connectivity index (χ3v) is 3.17. The first-order valence-electron chi connectivity index (χ1n) is 5.41. The van der Waals surface area contributed by atoms with Gasteiger partial charge in [-0.1, -0.05) is 25.1 Å². The molecule has 2 N–H and O–H groups in total. The molecule has 3 heteroatoms. The normalized spacial score (nSPS) is 24.8. The van der Waals surface area contributed by atoms with E-state index >= 15 is 0 Å². The second kappa shape index (κ2) is 4.21. The van der Waals surface area contributed by atoms with Crippen molar-refractivity contribution in [2.75, 3.05) is 20.2 Å². The molecule has 0 spiro atoms. The number of nitrogens with two attached hydrogens (primary N) is 1. The summed E-state index contributed by atoms with van der Waals surface area (Å²) >= 11 is 0. The van der Waals surface area contributed by atoms with E-state index in [1.54, 1.807) is 0 Å². The SMILES string of the molecule is CCN(C)C1COc2ccccc2C1N. The zero-order chi connectivity index (χ0) is 10.8. The van der Waals surface area contributed by atoms with E-state index in [1.807, 2.05) is 18.2 Å². The van der Waals surface area contributed by atoms with Crippen LogP contribution < -0.4 is 10.5 Å². The molecule has 0 aromatic heterocycles. The van der Waals surface area contributed by atoms with Crippen molar-refractivity contribution in [2.24, 2.45) is 5.73 Å². The lowest BCUT2D eigenvalue weighted by molar-refractivity contribution is 0.124. The predicted molar refractivity (Wildman–Crippen MR) is 61.0 cm³/mol. The standard InChI is InChI=1S/C12H18N2O/c1-3-14(2)10-8-15-11-7-5-4-6-9(11)12(10)13/h4-7,10,12H,3,8,13H2,1-2H3. The smallest absolute Gasteiger partial charge is 0.124 e. The average Bonchev–Trinajstić information content (AvgIpc) is 2.29. The van der Waals surface area contributed by atoms with Gasteiger partial charge in [0.2, 0.25) is 0 Å². The monoisotopic (exact) mass is 206 g/mol. The molecule has 0 aliphatic carbocycles. The molecule has 0 radical (unpaired) electrons. The van der Waals surface area contributed by atoms with Crippen molar-refractivity contribution in [3.8, 4) is 5.75 Å². The quantitative estimate of drug-likeness (QED) is 0.795. The molecule has 1 aliphatic rings. The van der Waals surface area contributed by atoms with Gasteiger partial charge in [0, 0.05) is 5.56 Å². The van der Waals surface area contributed by atoms with Crippen LogP contribution in [0.25, 0.3) is 0 Å². The van der Waals surface area contributed by atoms with E-state index in [0.717, 1.165) is 17.9 Å². The van der Waals surface area contributed by atoms with Crippen LogP contribution in [0.5, 0.6) is 5.75 Å². The summed E-state index contributed by atoms with van der Waals surface area (Å²) in [7, 11) is 2.09. The fraction of sp³-hybridized carbons (Fsp3) is 0.500. The van der Waals surface area contributed by atoms with Crippen LogP contribution >= 0.6 is 0 Å². The highest BCUT2D eigenvalue weighted by Gasteiger charge is 2.29. The molecule has 1 aromatic rings. The second-order valence-corrected chi connectivity index (χ2v) is 4.02. The first-order valence-corrected chi connectivity index (χ1v) is 5.41. The molecule has 3 nitrogen and oxygen atoms in total. The summed E-state index contributed by atoms with van der Waals surface area (Å²) in [4.78, 5) is 2.24. The van der Waals surface area contributed by atoms with E-state index in [1.165, 1.54) is 0 Å². The van der Waals surface area contributed by atoms with E-state index in [2.05, 4.69) is 24.9 Å². The van der Waals surface area contributed by atoms with Crippen molar-refractivity contribution >= 4 is 0 Å². The van der Waals surface area contributed by atoms with Gasteiger partial charge in [-0.3, -0.25) is 4.90 Å². The summed E-state index contributed by atoms with van der Waals surface area (Å²) in [5.41, 5.74) is 7.36. The Morgan fingerprint density at radius 1 is 1.47 bits per heavy atom. The molecule has 0 fully saturated rings. The number of fused-ring (bicyclic) bond motifs is 1. The highest BCUT2D eigenvalue weighted by atomic mass is 16.5. The fourth-order valence-corrected chi connectivity index (χ4v) is 2.01. The van der Waals surface area contributed by atoms with E-state index in [-0.39, 0.29) is 12.1 Å². The van der Waals surface area contributed by atoms with E-state index in [4.69, 9.17) is 10.5 Å². The molecular weight excluding hydrogens is 188 g/mol. The number of likely N-dealkylation sites (N-methyl/N-ethyl adjacent to an activating group) is 1. The molecule has 1 aromatic carbocycles. The maximum atomic E-state index is 6.25. The molecule has 2 rings (SSSR count). The van der Waals surface area contributed by atoms with Crippen molar-refractivity contribution in [3.05, 3.63) is 29.8 Å². The number of para-hydroxylation sites is 1. The summed E-state index contributed by atoms with van der Waals surface area (Å²) in [6.07, 6.45) is 0. The van der Waals surface area contributed by atoms with Gasteiger partial charge in [-0.15, -0.1) is 0 Å². The van der Waals surface area contributed by atoms with Gasteiger partial charge < -0.3 is 10.5 Å². The largest absolute Gasteiger partial charge is 0.492 e. The van der Waals surface area contributed by atoms with Gasteiger partial charge in [-0.25, -0.2) is 0 Å². The Morgan fingerprint density at radius 2 is 2.20 bits per heavy atom. The lowest BCUT2D eigenvalue weighted by atomic mass is 9.96. The molecule has 1 aliphatic heterocycles. The third-order valence-electron chi connectivity index (χ3n) is 3.17. The van der Waals surface area contributed by atoms with Gasteiger partial charge >= 0.3 is 0 Å². The molecule has 0 amide bonds. The van der Waals surface area contributed by atoms with Crippen molar-refractivity contribution in [1.82, 2.24) is 4.90 Å². The summed E-state index contributed by atoms with van der Waals surface area (Å²) in [5, 5.41) is 0. The van der Waals surface area contributed by atoms with Crippen molar-refractivity contribution in [2.45, 2.75) is 19.0 Å². The average molecular weight is 206 g/mol. The Morgan fingerprint density at radius 3 is 2.93 bits per heavy atom. The Labute approximate surface area is 90.8 Å². The van der Waals surface area contributed by atoms with Gasteiger partial charge in [-0.05, 0) is 19.7 Å². The Balaban J connectivity index is 2.25.